The van der Waals surface area contributed by atoms with Crippen molar-refractivity contribution in [3.8, 4) is 0 Å². The summed E-state index contributed by atoms with van der Waals surface area (Å²) in [5.41, 5.74) is 7.00. The van der Waals surface area contributed by atoms with Gasteiger partial charge in [-0.3, -0.25) is 0 Å². The minimum atomic E-state index is -3.42. The topological polar surface area (TPSA) is 63.4 Å². The smallest absolute Gasteiger partial charge is 0.243 e. The van der Waals surface area contributed by atoms with E-state index < -0.39 is 10.0 Å². The van der Waals surface area contributed by atoms with Crippen molar-refractivity contribution in [2.75, 3.05) is 18.8 Å². The number of unbranched alkanes of at least 4 members (excludes halogenated alkanes) is 2. The van der Waals surface area contributed by atoms with Crippen molar-refractivity contribution < 1.29 is 8.42 Å². The van der Waals surface area contributed by atoms with E-state index in [1.54, 1.807) is 29.4 Å². The summed E-state index contributed by atoms with van der Waals surface area (Å²) in [6, 6.07) is 4.98. The molecule has 0 aromatic heterocycles. The van der Waals surface area contributed by atoms with E-state index in [-0.39, 0.29) is 0 Å². The van der Waals surface area contributed by atoms with Crippen LogP contribution in [0.4, 0.5) is 5.69 Å². The molecular formula is C15H26N2O2S. The third kappa shape index (κ3) is 4.21. The number of benzene rings is 1. The van der Waals surface area contributed by atoms with Gasteiger partial charge in [0.1, 0.15) is 0 Å². The lowest BCUT2D eigenvalue weighted by Gasteiger charge is -2.23. The number of anilines is 1. The van der Waals surface area contributed by atoms with Crippen LogP contribution in [0.1, 0.15) is 45.1 Å². The molecule has 0 saturated carbocycles. The summed E-state index contributed by atoms with van der Waals surface area (Å²) < 4.78 is 27.1. The molecule has 0 amide bonds. The molecule has 114 valence electrons. The molecule has 0 heterocycles. The number of sulfonamides is 1. The molecule has 5 heteroatoms. The highest BCUT2D eigenvalue weighted by molar-refractivity contribution is 7.89. The SMILES string of the molecule is CCCCN(CCCC)S(=O)(=O)c1ccc(N)cc1C. The molecule has 0 atom stereocenters. The zero-order valence-electron chi connectivity index (χ0n) is 12.7. The number of aryl methyl sites for hydroxylation is 1. The average molecular weight is 298 g/mol. The van der Waals surface area contributed by atoms with Crippen LogP contribution in [0.15, 0.2) is 23.1 Å². The Kier molecular flexibility index (Phi) is 6.49. The van der Waals surface area contributed by atoms with E-state index in [0.717, 1.165) is 25.7 Å². The molecule has 0 unspecified atom stereocenters. The van der Waals surface area contributed by atoms with Crippen LogP contribution < -0.4 is 5.73 Å². The quantitative estimate of drug-likeness (QED) is 0.750. The Morgan fingerprint density at radius 1 is 1.10 bits per heavy atom. The zero-order chi connectivity index (χ0) is 15.2. The van der Waals surface area contributed by atoms with Crippen molar-refractivity contribution >= 4 is 15.7 Å². The Balaban J connectivity index is 3.07. The Morgan fingerprint density at radius 3 is 2.10 bits per heavy atom. The van der Waals surface area contributed by atoms with Gasteiger partial charge in [0.25, 0.3) is 0 Å². The highest BCUT2D eigenvalue weighted by Crippen LogP contribution is 2.22. The predicted octanol–water partition coefficient (Wildman–Crippen LogP) is 3.17. The molecule has 0 aliphatic heterocycles. The summed E-state index contributed by atoms with van der Waals surface area (Å²) in [4.78, 5) is 0.374. The Labute approximate surface area is 123 Å². The molecule has 4 nitrogen and oxygen atoms in total. The Bertz CT molecular complexity index is 519. The molecule has 0 bridgehead atoms. The van der Waals surface area contributed by atoms with E-state index in [4.69, 9.17) is 5.73 Å². The van der Waals surface area contributed by atoms with Crippen molar-refractivity contribution in [1.29, 1.82) is 0 Å². The maximum absolute atomic E-state index is 12.8. The monoisotopic (exact) mass is 298 g/mol. The fourth-order valence-electron chi connectivity index (χ4n) is 2.12. The van der Waals surface area contributed by atoms with E-state index >= 15 is 0 Å². The first-order valence-corrected chi connectivity index (χ1v) is 8.73. The zero-order valence-corrected chi connectivity index (χ0v) is 13.5. The van der Waals surface area contributed by atoms with Crippen LogP contribution in [0.5, 0.6) is 0 Å². The molecule has 1 aromatic rings. The lowest BCUT2D eigenvalue weighted by Crippen LogP contribution is -2.33. The fraction of sp³-hybridized carbons (Fsp3) is 0.600. The molecule has 20 heavy (non-hydrogen) atoms. The van der Waals surface area contributed by atoms with E-state index in [0.29, 0.717) is 29.2 Å². The van der Waals surface area contributed by atoms with Gasteiger partial charge in [-0.25, -0.2) is 8.42 Å². The van der Waals surface area contributed by atoms with Crippen molar-refractivity contribution in [2.45, 2.75) is 51.3 Å². The van der Waals surface area contributed by atoms with Crippen LogP contribution in [0.3, 0.4) is 0 Å². The van der Waals surface area contributed by atoms with Gasteiger partial charge in [-0.1, -0.05) is 26.7 Å². The number of hydrogen-bond acceptors (Lipinski definition) is 3. The highest BCUT2D eigenvalue weighted by Gasteiger charge is 2.25. The third-order valence-electron chi connectivity index (χ3n) is 3.34. The van der Waals surface area contributed by atoms with Gasteiger partial charge in [0.15, 0.2) is 0 Å². The first kappa shape index (κ1) is 17.0. The molecule has 0 spiro atoms. The van der Waals surface area contributed by atoms with E-state index in [1.807, 2.05) is 0 Å². The predicted molar refractivity (Wildman–Crippen MR) is 84.2 cm³/mol. The summed E-state index contributed by atoms with van der Waals surface area (Å²) in [5.74, 6) is 0. The normalized spacial score (nSPS) is 12.0. The van der Waals surface area contributed by atoms with Crippen LogP contribution in [0.25, 0.3) is 0 Å². The van der Waals surface area contributed by atoms with Crippen LogP contribution in [0.2, 0.25) is 0 Å². The average Bonchev–Trinajstić information content (AvgIpc) is 2.38. The maximum atomic E-state index is 12.8. The summed E-state index contributed by atoms with van der Waals surface area (Å²) in [5, 5.41) is 0. The number of nitrogens with two attached hydrogens (primary N) is 1. The third-order valence-corrected chi connectivity index (χ3v) is 5.40. The molecule has 1 rings (SSSR count). The van der Waals surface area contributed by atoms with Gasteiger partial charge < -0.3 is 5.73 Å². The van der Waals surface area contributed by atoms with Gasteiger partial charge >= 0.3 is 0 Å². The lowest BCUT2D eigenvalue weighted by molar-refractivity contribution is 0.395. The molecule has 0 aliphatic carbocycles. The van der Waals surface area contributed by atoms with Crippen molar-refractivity contribution in [2.24, 2.45) is 0 Å². The molecule has 0 radical (unpaired) electrons. The molecule has 0 aliphatic rings. The first-order chi connectivity index (χ1) is 9.43. The lowest BCUT2D eigenvalue weighted by atomic mass is 10.2. The largest absolute Gasteiger partial charge is 0.399 e. The van der Waals surface area contributed by atoms with E-state index in [2.05, 4.69) is 13.8 Å². The fourth-order valence-corrected chi connectivity index (χ4v) is 3.85. The molecule has 1 aromatic carbocycles. The van der Waals surface area contributed by atoms with Gasteiger partial charge in [-0.05, 0) is 43.5 Å². The number of hydrogen-bond donors (Lipinski definition) is 1. The second kappa shape index (κ2) is 7.64. The molecule has 0 fully saturated rings. The Morgan fingerprint density at radius 2 is 1.65 bits per heavy atom. The Hall–Kier alpha value is -1.07. The summed E-state index contributed by atoms with van der Waals surface area (Å²) in [6.45, 7) is 7.10. The summed E-state index contributed by atoms with van der Waals surface area (Å²) in [6.07, 6.45) is 3.74. The van der Waals surface area contributed by atoms with Crippen molar-refractivity contribution in [3.05, 3.63) is 23.8 Å². The maximum Gasteiger partial charge on any atom is 0.243 e. The number of rotatable bonds is 8. The first-order valence-electron chi connectivity index (χ1n) is 7.29. The van der Waals surface area contributed by atoms with Gasteiger partial charge in [-0.2, -0.15) is 4.31 Å². The molecule has 0 saturated heterocycles. The number of nitrogen functional groups attached to an aromatic ring is 1. The molecular weight excluding hydrogens is 272 g/mol. The minimum absolute atomic E-state index is 0.374. The highest BCUT2D eigenvalue weighted by atomic mass is 32.2. The summed E-state index contributed by atoms with van der Waals surface area (Å²) >= 11 is 0. The molecule has 2 N–H and O–H groups in total. The van der Waals surface area contributed by atoms with Crippen molar-refractivity contribution in [1.82, 2.24) is 4.31 Å². The second-order valence-corrected chi connectivity index (χ2v) is 7.04. The minimum Gasteiger partial charge on any atom is -0.399 e. The second-order valence-electron chi connectivity index (χ2n) is 5.14. The van der Waals surface area contributed by atoms with Gasteiger partial charge in [0.05, 0.1) is 4.90 Å². The van der Waals surface area contributed by atoms with Gasteiger partial charge in [0.2, 0.25) is 10.0 Å². The summed E-state index contributed by atoms with van der Waals surface area (Å²) in [7, 11) is -3.42. The van der Waals surface area contributed by atoms with Crippen LogP contribution in [-0.4, -0.2) is 25.8 Å². The van der Waals surface area contributed by atoms with Crippen LogP contribution in [0, 0.1) is 6.92 Å². The van der Waals surface area contributed by atoms with Gasteiger partial charge in [0, 0.05) is 18.8 Å². The van der Waals surface area contributed by atoms with Gasteiger partial charge in [-0.15, -0.1) is 0 Å². The van der Waals surface area contributed by atoms with E-state index in [9.17, 15) is 8.42 Å². The van der Waals surface area contributed by atoms with Crippen LogP contribution in [-0.2, 0) is 10.0 Å². The standard InChI is InChI=1S/C15H26N2O2S/c1-4-6-10-17(11-7-5-2)20(18,19)15-9-8-14(16)12-13(15)3/h8-9,12H,4-7,10-11,16H2,1-3H3. The number of nitrogens with zero attached hydrogens (tertiary/aromatic N) is 1. The van der Waals surface area contributed by atoms with Crippen LogP contribution >= 0.6 is 0 Å². The van der Waals surface area contributed by atoms with Crippen molar-refractivity contribution in [3.63, 3.8) is 0 Å². The van der Waals surface area contributed by atoms with E-state index in [1.165, 1.54) is 0 Å².